The summed E-state index contributed by atoms with van der Waals surface area (Å²) >= 11 is 0. The van der Waals surface area contributed by atoms with Crippen LogP contribution < -0.4 is 11.1 Å². The van der Waals surface area contributed by atoms with Crippen LogP contribution in [0.3, 0.4) is 0 Å². The molecule has 18 heavy (non-hydrogen) atoms. The molecular formula is C16H26N2. The number of hydrogen-bond acceptors (Lipinski definition) is 2. The first-order valence-corrected chi connectivity index (χ1v) is 7.20. The molecule has 0 bridgehead atoms. The number of benzene rings is 1. The number of hydrogen-bond donors (Lipinski definition) is 2. The third kappa shape index (κ3) is 2.93. The first kappa shape index (κ1) is 13.6. The second-order valence-electron chi connectivity index (χ2n) is 5.84. The van der Waals surface area contributed by atoms with E-state index >= 15 is 0 Å². The lowest BCUT2D eigenvalue weighted by atomic mass is 9.84. The van der Waals surface area contributed by atoms with Crippen LogP contribution >= 0.6 is 0 Å². The second kappa shape index (κ2) is 5.85. The molecule has 0 spiro atoms. The van der Waals surface area contributed by atoms with E-state index in [1.54, 1.807) is 0 Å². The van der Waals surface area contributed by atoms with E-state index in [2.05, 4.69) is 50.4 Å². The van der Waals surface area contributed by atoms with E-state index in [1.807, 2.05) is 0 Å². The van der Waals surface area contributed by atoms with Gasteiger partial charge in [0.25, 0.3) is 0 Å². The van der Waals surface area contributed by atoms with E-state index in [4.69, 9.17) is 5.73 Å². The topological polar surface area (TPSA) is 38.0 Å². The molecule has 1 fully saturated rings. The molecule has 2 rings (SSSR count). The van der Waals surface area contributed by atoms with Gasteiger partial charge in [-0.05, 0) is 35.8 Å². The van der Waals surface area contributed by atoms with Crippen LogP contribution in [0.15, 0.2) is 24.3 Å². The fourth-order valence-electron chi connectivity index (χ4n) is 2.88. The van der Waals surface area contributed by atoms with E-state index in [0.717, 1.165) is 19.4 Å². The zero-order valence-corrected chi connectivity index (χ0v) is 11.8. The molecule has 1 aliphatic heterocycles. The molecule has 3 atom stereocenters. The van der Waals surface area contributed by atoms with E-state index in [1.165, 1.54) is 11.1 Å². The summed E-state index contributed by atoms with van der Waals surface area (Å²) in [6.45, 7) is 7.74. The third-order valence-corrected chi connectivity index (χ3v) is 4.21. The highest BCUT2D eigenvalue weighted by Gasteiger charge is 2.27. The van der Waals surface area contributed by atoms with Gasteiger partial charge in [0.1, 0.15) is 0 Å². The van der Waals surface area contributed by atoms with Crippen LogP contribution in [-0.4, -0.2) is 18.6 Å². The van der Waals surface area contributed by atoms with E-state index in [9.17, 15) is 0 Å². The molecular weight excluding hydrogens is 220 g/mol. The first-order chi connectivity index (χ1) is 8.61. The standard InChI is InChI=1S/C16H26N2/c1-4-16-15(17)9-14(10-18-16)13-7-5-12(6-8-13)11(2)3/h5-8,11,14-16,18H,4,9-10,17H2,1-3H3. The van der Waals surface area contributed by atoms with Crippen LogP contribution in [0.25, 0.3) is 0 Å². The molecule has 100 valence electrons. The summed E-state index contributed by atoms with van der Waals surface area (Å²) in [6, 6.07) is 9.87. The molecule has 0 saturated carbocycles. The first-order valence-electron chi connectivity index (χ1n) is 7.20. The van der Waals surface area contributed by atoms with Crippen molar-refractivity contribution in [1.82, 2.24) is 5.32 Å². The molecule has 2 nitrogen and oxygen atoms in total. The smallest absolute Gasteiger partial charge is 0.0216 e. The van der Waals surface area contributed by atoms with E-state index < -0.39 is 0 Å². The van der Waals surface area contributed by atoms with Gasteiger partial charge in [0, 0.05) is 18.6 Å². The Labute approximate surface area is 111 Å². The Bertz CT molecular complexity index is 369. The van der Waals surface area contributed by atoms with Crippen molar-refractivity contribution < 1.29 is 0 Å². The third-order valence-electron chi connectivity index (χ3n) is 4.21. The summed E-state index contributed by atoms with van der Waals surface area (Å²) in [7, 11) is 0. The summed E-state index contributed by atoms with van der Waals surface area (Å²) in [5, 5.41) is 3.58. The highest BCUT2D eigenvalue weighted by atomic mass is 15.0. The van der Waals surface area contributed by atoms with Gasteiger partial charge in [-0.2, -0.15) is 0 Å². The van der Waals surface area contributed by atoms with E-state index in [-0.39, 0.29) is 0 Å². The Morgan fingerprint density at radius 3 is 2.44 bits per heavy atom. The average Bonchev–Trinajstić information content (AvgIpc) is 2.38. The van der Waals surface area contributed by atoms with E-state index in [0.29, 0.717) is 23.9 Å². The van der Waals surface area contributed by atoms with Crippen molar-refractivity contribution in [2.45, 2.75) is 57.5 Å². The van der Waals surface area contributed by atoms with Crippen molar-refractivity contribution in [3.05, 3.63) is 35.4 Å². The van der Waals surface area contributed by atoms with Crippen molar-refractivity contribution in [1.29, 1.82) is 0 Å². The molecule has 1 aromatic rings. The molecule has 2 heteroatoms. The lowest BCUT2D eigenvalue weighted by Gasteiger charge is -2.35. The molecule has 0 aliphatic carbocycles. The van der Waals surface area contributed by atoms with Gasteiger partial charge in [0.15, 0.2) is 0 Å². The van der Waals surface area contributed by atoms with Gasteiger partial charge in [-0.3, -0.25) is 0 Å². The van der Waals surface area contributed by atoms with Crippen LogP contribution in [0.4, 0.5) is 0 Å². The lowest BCUT2D eigenvalue weighted by Crippen LogP contribution is -2.51. The molecule has 0 aromatic heterocycles. The van der Waals surface area contributed by atoms with Gasteiger partial charge >= 0.3 is 0 Å². The Morgan fingerprint density at radius 2 is 1.94 bits per heavy atom. The average molecular weight is 246 g/mol. The largest absolute Gasteiger partial charge is 0.326 e. The molecule has 0 radical (unpaired) electrons. The van der Waals surface area contributed by atoms with Crippen molar-refractivity contribution in [3.8, 4) is 0 Å². The number of nitrogens with two attached hydrogens (primary N) is 1. The van der Waals surface area contributed by atoms with Crippen molar-refractivity contribution in [2.24, 2.45) is 5.73 Å². The fraction of sp³-hybridized carbons (Fsp3) is 0.625. The van der Waals surface area contributed by atoms with Crippen molar-refractivity contribution in [3.63, 3.8) is 0 Å². The number of nitrogens with one attached hydrogen (secondary N) is 1. The molecule has 1 heterocycles. The molecule has 3 N–H and O–H groups in total. The minimum Gasteiger partial charge on any atom is -0.326 e. The van der Waals surface area contributed by atoms with Crippen LogP contribution in [-0.2, 0) is 0 Å². The van der Waals surface area contributed by atoms with Crippen LogP contribution in [0, 0.1) is 0 Å². The molecule has 1 saturated heterocycles. The van der Waals surface area contributed by atoms with Gasteiger partial charge < -0.3 is 11.1 Å². The molecule has 1 aliphatic rings. The van der Waals surface area contributed by atoms with Gasteiger partial charge in [-0.25, -0.2) is 0 Å². The van der Waals surface area contributed by atoms with Crippen molar-refractivity contribution in [2.75, 3.05) is 6.54 Å². The predicted octanol–water partition coefficient (Wildman–Crippen LogP) is 2.99. The molecule has 1 aromatic carbocycles. The summed E-state index contributed by atoms with van der Waals surface area (Å²) in [4.78, 5) is 0. The highest BCUT2D eigenvalue weighted by Crippen LogP contribution is 2.27. The maximum absolute atomic E-state index is 6.23. The zero-order valence-electron chi connectivity index (χ0n) is 11.8. The summed E-state index contributed by atoms with van der Waals surface area (Å²) in [6.07, 6.45) is 2.23. The zero-order chi connectivity index (χ0) is 13.1. The Morgan fingerprint density at radius 1 is 1.28 bits per heavy atom. The maximum Gasteiger partial charge on any atom is 0.0216 e. The van der Waals surface area contributed by atoms with Gasteiger partial charge in [-0.1, -0.05) is 45.0 Å². The Hall–Kier alpha value is -0.860. The summed E-state index contributed by atoms with van der Waals surface area (Å²) in [5.41, 5.74) is 9.08. The summed E-state index contributed by atoms with van der Waals surface area (Å²) in [5.74, 6) is 1.18. The maximum atomic E-state index is 6.23. The quantitative estimate of drug-likeness (QED) is 0.860. The van der Waals surface area contributed by atoms with Crippen LogP contribution in [0.2, 0.25) is 0 Å². The Balaban J connectivity index is 2.04. The van der Waals surface area contributed by atoms with Crippen LogP contribution in [0.5, 0.6) is 0 Å². The van der Waals surface area contributed by atoms with Crippen molar-refractivity contribution >= 4 is 0 Å². The SMILES string of the molecule is CCC1NCC(c2ccc(C(C)C)cc2)CC1N. The van der Waals surface area contributed by atoms with Gasteiger partial charge in [0.05, 0.1) is 0 Å². The molecule has 0 amide bonds. The van der Waals surface area contributed by atoms with Gasteiger partial charge in [0.2, 0.25) is 0 Å². The minimum absolute atomic E-state index is 0.290. The lowest BCUT2D eigenvalue weighted by molar-refractivity contribution is 0.314. The second-order valence-corrected chi connectivity index (χ2v) is 5.84. The number of rotatable bonds is 3. The predicted molar refractivity (Wildman–Crippen MR) is 77.9 cm³/mol. The minimum atomic E-state index is 0.290. The highest BCUT2D eigenvalue weighted by molar-refractivity contribution is 5.28. The van der Waals surface area contributed by atoms with Crippen LogP contribution in [0.1, 0.15) is 56.6 Å². The molecule has 3 unspecified atom stereocenters. The number of piperidine rings is 1. The van der Waals surface area contributed by atoms with Gasteiger partial charge in [-0.15, -0.1) is 0 Å². The Kier molecular flexibility index (Phi) is 4.41. The summed E-state index contributed by atoms with van der Waals surface area (Å²) < 4.78 is 0. The fourth-order valence-corrected chi connectivity index (χ4v) is 2.88. The monoisotopic (exact) mass is 246 g/mol. The normalized spacial score (nSPS) is 28.6.